The predicted octanol–water partition coefficient (Wildman–Crippen LogP) is 3.27. The fourth-order valence-corrected chi connectivity index (χ4v) is 2.59. The highest BCUT2D eigenvalue weighted by Crippen LogP contribution is 2.28. The number of hydrogen-bond acceptors (Lipinski definition) is 4. The van der Waals surface area contributed by atoms with Gasteiger partial charge in [0, 0.05) is 16.1 Å². The van der Waals surface area contributed by atoms with Gasteiger partial charge in [-0.1, -0.05) is 30.3 Å². The molecule has 0 unspecified atom stereocenters. The number of Topliss-reactive ketones (excluding diaryl/α,β-unsaturated/α-hetero) is 1. The molecule has 0 fully saturated rings. The summed E-state index contributed by atoms with van der Waals surface area (Å²) in [6.07, 6.45) is 0. The van der Waals surface area contributed by atoms with E-state index in [1.807, 2.05) is 26.0 Å². The molecule has 1 atom stereocenters. The van der Waals surface area contributed by atoms with E-state index < -0.39 is 16.7 Å². The van der Waals surface area contributed by atoms with Crippen LogP contribution in [0.15, 0.2) is 47.5 Å². The van der Waals surface area contributed by atoms with E-state index in [0.29, 0.717) is 16.8 Å². The van der Waals surface area contributed by atoms with E-state index in [-0.39, 0.29) is 5.71 Å². The number of hydrogen-bond donors (Lipinski definition) is 0. The molecule has 5 nitrogen and oxygen atoms in total. The molecule has 2 aromatic carbocycles. The lowest BCUT2D eigenvalue weighted by Gasteiger charge is -2.05. The SMILES string of the molecule is Cc1ccc(N=C2c3ccccc3C(=O)[C@H]2[N+](=O)[O-])cc1C. The van der Waals surface area contributed by atoms with Gasteiger partial charge in [0.15, 0.2) is 0 Å². The number of aryl methyl sites for hydroxylation is 2. The number of fused-ring (bicyclic) bond motifs is 1. The van der Waals surface area contributed by atoms with Crippen molar-refractivity contribution in [3.05, 3.63) is 74.8 Å². The standard InChI is InChI=1S/C17H14N2O3/c1-10-7-8-12(9-11(10)2)18-15-13-5-3-4-6-14(13)17(20)16(15)19(21)22/h3-9,16H,1-2H3/t16-/m0/s1. The minimum atomic E-state index is -1.42. The molecule has 0 aromatic heterocycles. The molecule has 0 saturated heterocycles. The van der Waals surface area contributed by atoms with Crippen LogP contribution in [-0.2, 0) is 0 Å². The molecule has 110 valence electrons. The molecule has 5 heteroatoms. The molecule has 0 saturated carbocycles. The van der Waals surface area contributed by atoms with Crippen LogP contribution in [-0.4, -0.2) is 22.5 Å². The van der Waals surface area contributed by atoms with Crippen molar-refractivity contribution >= 4 is 17.2 Å². The number of rotatable bonds is 2. The maximum absolute atomic E-state index is 12.2. The normalized spacial score (nSPS) is 18.5. The topological polar surface area (TPSA) is 72.6 Å². The molecule has 3 rings (SSSR count). The lowest BCUT2D eigenvalue weighted by molar-refractivity contribution is -0.485. The van der Waals surface area contributed by atoms with Crippen LogP contribution in [0.4, 0.5) is 5.69 Å². The van der Waals surface area contributed by atoms with Crippen molar-refractivity contribution in [3.8, 4) is 0 Å². The molecule has 0 aliphatic heterocycles. The van der Waals surface area contributed by atoms with Gasteiger partial charge < -0.3 is 0 Å². The summed E-state index contributed by atoms with van der Waals surface area (Å²) in [6, 6.07) is 10.9. The van der Waals surface area contributed by atoms with Gasteiger partial charge in [0.2, 0.25) is 5.78 Å². The summed E-state index contributed by atoms with van der Waals surface area (Å²) in [6.45, 7) is 3.94. The van der Waals surface area contributed by atoms with Gasteiger partial charge in [0.25, 0.3) is 0 Å². The lowest BCUT2D eigenvalue weighted by Crippen LogP contribution is -2.31. The van der Waals surface area contributed by atoms with Crippen LogP contribution in [0.2, 0.25) is 0 Å². The Morgan fingerprint density at radius 3 is 2.36 bits per heavy atom. The third-order valence-electron chi connectivity index (χ3n) is 3.93. The Hall–Kier alpha value is -2.82. The summed E-state index contributed by atoms with van der Waals surface area (Å²) < 4.78 is 0. The molecule has 0 radical (unpaired) electrons. The van der Waals surface area contributed by atoms with Gasteiger partial charge in [-0.05, 0) is 37.1 Å². The van der Waals surface area contributed by atoms with Crippen molar-refractivity contribution in [1.29, 1.82) is 0 Å². The van der Waals surface area contributed by atoms with Crippen LogP contribution in [0.25, 0.3) is 0 Å². The van der Waals surface area contributed by atoms with E-state index in [1.54, 1.807) is 30.3 Å². The second-order valence-electron chi connectivity index (χ2n) is 5.36. The number of carbonyl (C=O) groups excluding carboxylic acids is 1. The van der Waals surface area contributed by atoms with E-state index in [2.05, 4.69) is 4.99 Å². The quantitative estimate of drug-likeness (QED) is 0.630. The summed E-state index contributed by atoms with van der Waals surface area (Å²) in [7, 11) is 0. The Bertz CT molecular complexity index is 824. The average Bonchev–Trinajstić information content (AvgIpc) is 2.76. The zero-order chi connectivity index (χ0) is 15.9. The van der Waals surface area contributed by atoms with E-state index in [1.165, 1.54) is 0 Å². The van der Waals surface area contributed by atoms with E-state index in [9.17, 15) is 14.9 Å². The van der Waals surface area contributed by atoms with Gasteiger partial charge in [-0.2, -0.15) is 0 Å². The molecule has 0 heterocycles. The number of ketones is 1. The Balaban J connectivity index is 2.17. The van der Waals surface area contributed by atoms with Gasteiger partial charge in [-0.3, -0.25) is 14.9 Å². The smallest absolute Gasteiger partial charge is 0.286 e. The van der Waals surface area contributed by atoms with Crippen molar-refractivity contribution in [1.82, 2.24) is 0 Å². The van der Waals surface area contributed by atoms with Gasteiger partial charge in [0.1, 0.15) is 5.71 Å². The van der Waals surface area contributed by atoms with E-state index in [4.69, 9.17) is 0 Å². The van der Waals surface area contributed by atoms with E-state index in [0.717, 1.165) is 11.1 Å². The summed E-state index contributed by atoms with van der Waals surface area (Å²) in [4.78, 5) is 27.4. The number of carbonyl (C=O) groups is 1. The van der Waals surface area contributed by atoms with Gasteiger partial charge >= 0.3 is 6.04 Å². The molecule has 0 bridgehead atoms. The Labute approximate surface area is 127 Å². The summed E-state index contributed by atoms with van der Waals surface area (Å²) >= 11 is 0. The van der Waals surface area contributed by atoms with Crippen LogP contribution >= 0.6 is 0 Å². The zero-order valence-corrected chi connectivity index (χ0v) is 12.2. The fourth-order valence-electron chi connectivity index (χ4n) is 2.59. The highest BCUT2D eigenvalue weighted by atomic mass is 16.6. The first-order valence-electron chi connectivity index (χ1n) is 6.92. The Kier molecular flexibility index (Phi) is 3.33. The molecule has 0 amide bonds. The third-order valence-corrected chi connectivity index (χ3v) is 3.93. The Morgan fingerprint density at radius 1 is 1.05 bits per heavy atom. The number of nitro groups is 1. The summed E-state index contributed by atoms with van der Waals surface area (Å²) in [5, 5.41) is 11.3. The monoisotopic (exact) mass is 294 g/mol. The maximum Gasteiger partial charge on any atom is 0.316 e. The molecule has 1 aliphatic rings. The summed E-state index contributed by atoms with van der Waals surface area (Å²) in [5.41, 5.74) is 3.93. The first-order valence-corrected chi connectivity index (χ1v) is 6.92. The van der Waals surface area contributed by atoms with Crippen LogP contribution in [0.5, 0.6) is 0 Å². The van der Waals surface area contributed by atoms with Crippen LogP contribution < -0.4 is 0 Å². The van der Waals surface area contributed by atoms with Crippen LogP contribution in [0.1, 0.15) is 27.0 Å². The maximum atomic E-state index is 12.2. The largest absolute Gasteiger partial charge is 0.316 e. The average molecular weight is 294 g/mol. The molecule has 1 aliphatic carbocycles. The Morgan fingerprint density at radius 2 is 1.73 bits per heavy atom. The zero-order valence-electron chi connectivity index (χ0n) is 12.2. The minimum Gasteiger partial charge on any atom is -0.286 e. The third kappa shape index (κ3) is 2.20. The lowest BCUT2D eigenvalue weighted by atomic mass is 10.1. The second-order valence-corrected chi connectivity index (χ2v) is 5.36. The van der Waals surface area contributed by atoms with Crippen molar-refractivity contribution in [2.75, 3.05) is 0 Å². The number of nitrogens with zero attached hydrogens (tertiary/aromatic N) is 2. The fraction of sp³-hybridized carbons (Fsp3) is 0.176. The molecule has 2 aromatic rings. The summed E-state index contributed by atoms with van der Waals surface area (Å²) in [5.74, 6) is -0.497. The van der Waals surface area contributed by atoms with E-state index >= 15 is 0 Å². The first-order chi connectivity index (χ1) is 10.5. The van der Waals surface area contributed by atoms with Gasteiger partial charge in [-0.15, -0.1) is 0 Å². The van der Waals surface area contributed by atoms with Crippen LogP contribution in [0, 0.1) is 24.0 Å². The van der Waals surface area contributed by atoms with Gasteiger partial charge in [0.05, 0.1) is 5.69 Å². The minimum absolute atomic E-state index is 0.217. The van der Waals surface area contributed by atoms with Crippen molar-refractivity contribution in [2.24, 2.45) is 4.99 Å². The van der Waals surface area contributed by atoms with Crippen molar-refractivity contribution in [2.45, 2.75) is 19.9 Å². The molecular formula is C17H14N2O3. The number of aliphatic imine (C=N–C) groups is 1. The van der Waals surface area contributed by atoms with Crippen LogP contribution in [0.3, 0.4) is 0 Å². The number of benzene rings is 2. The molecular weight excluding hydrogens is 280 g/mol. The highest BCUT2D eigenvalue weighted by Gasteiger charge is 2.45. The van der Waals surface area contributed by atoms with Gasteiger partial charge in [-0.25, -0.2) is 4.99 Å². The molecule has 0 N–H and O–H groups in total. The molecule has 22 heavy (non-hydrogen) atoms. The highest BCUT2D eigenvalue weighted by molar-refractivity contribution is 6.30. The second kappa shape index (κ2) is 5.18. The van der Waals surface area contributed by atoms with Crippen molar-refractivity contribution in [3.63, 3.8) is 0 Å². The molecule has 0 spiro atoms. The van der Waals surface area contributed by atoms with Crippen molar-refractivity contribution < 1.29 is 9.72 Å². The first kappa shape index (κ1) is 14.1. The predicted molar refractivity (Wildman–Crippen MR) is 83.7 cm³/mol.